The monoisotopic (exact) mass is 526 g/mol. The number of nitrogens with zero attached hydrogens (tertiary/aromatic N) is 3. The number of carbonyl (C=O) groups is 2. The predicted octanol–water partition coefficient (Wildman–Crippen LogP) is 3.63. The highest BCUT2D eigenvalue weighted by Gasteiger charge is 2.23. The minimum absolute atomic E-state index is 0.0752. The standard InChI is InChI=1S/C10H14BBrN2O2.C9H11BrN2O/c1-4-14(11(3)16)10(15)8-5-13-6-9(12)7(8)2;1-3-12-9(13)7-4-11-5-8(10)6(7)2/h5-6,16H,4H2,1-3H3;4-5H,3H2,1-2H3,(H,12,13). The summed E-state index contributed by atoms with van der Waals surface area (Å²) in [6.07, 6.45) is 6.42. The Bertz CT molecular complexity index is 865. The number of nitrogens with one attached hydrogen (secondary N) is 1. The van der Waals surface area contributed by atoms with E-state index in [1.807, 2.05) is 27.7 Å². The quantitative estimate of drug-likeness (QED) is 0.579. The summed E-state index contributed by atoms with van der Waals surface area (Å²) in [6.45, 7) is 10.1. The molecule has 2 amide bonds. The van der Waals surface area contributed by atoms with E-state index in [2.05, 4.69) is 47.1 Å². The molecule has 0 saturated carbocycles. The number of hydrogen-bond donors (Lipinski definition) is 2. The summed E-state index contributed by atoms with van der Waals surface area (Å²) in [6, 6.07) is 0. The van der Waals surface area contributed by atoms with Crippen LogP contribution in [0, 0.1) is 13.8 Å². The maximum atomic E-state index is 12.1. The van der Waals surface area contributed by atoms with Crippen molar-refractivity contribution in [2.75, 3.05) is 13.1 Å². The van der Waals surface area contributed by atoms with Crippen LogP contribution in [-0.2, 0) is 0 Å². The van der Waals surface area contributed by atoms with E-state index >= 15 is 0 Å². The Labute approximate surface area is 188 Å². The highest BCUT2D eigenvalue weighted by molar-refractivity contribution is 9.10. The molecule has 0 radical (unpaired) electrons. The fourth-order valence-corrected chi connectivity index (χ4v) is 3.10. The van der Waals surface area contributed by atoms with E-state index in [4.69, 9.17) is 0 Å². The first kappa shape index (κ1) is 25.3. The molecule has 2 aromatic rings. The van der Waals surface area contributed by atoms with Gasteiger partial charge in [-0.05, 0) is 77.5 Å². The van der Waals surface area contributed by atoms with Crippen LogP contribution in [0.5, 0.6) is 0 Å². The van der Waals surface area contributed by atoms with Crippen molar-refractivity contribution < 1.29 is 14.6 Å². The fourth-order valence-electron chi connectivity index (χ4n) is 2.43. The summed E-state index contributed by atoms with van der Waals surface area (Å²) in [5.74, 6) is -0.280. The Kier molecular flexibility index (Phi) is 10.5. The lowest BCUT2D eigenvalue weighted by Crippen LogP contribution is -2.42. The second-order valence-electron chi connectivity index (χ2n) is 6.17. The van der Waals surface area contributed by atoms with E-state index in [1.54, 1.807) is 25.4 Å². The van der Waals surface area contributed by atoms with Gasteiger partial charge in [-0.1, -0.05) is 0 Å². The van der Waals surface area contributed by atoms with Gasteiger partial charge in [-0.2, -0.15) is 0 Å². The van der Waals surface area contributed by atoms with Crippen LogP contribution in [0.2, 0.25) is 6.82 Å². The van der Waals surface area contributed by atoms with Crippen molar-refractivity contribution in [3.63, 3.8) is 0 Å². The van der Waals surface area contributed by atoms with Crippen LogP contribution in [0.4, 0.5) is 0 Å². The van der Waals surface area contributed by atoms with E-state index in [0.717, 1.165) is 20.1 Å². The molecule has 29 heavy (non-hydrogen) atoms. The zero-order valence-electron chi connectivity index (χ0n) is 17.2. The third-order valence-corrected chi connectivity index (χ3v) is 5.77. The second kappa shape index (κ2) is 12.0. The van der Waals surface area contributed by atoms with Crippen molar-refractivity contribution in [1.29, 1.82) is 0 Å². The van der Waals surface area contributed by atoms with Crippen LogP contribution in [0.25, 0.3) is 0 Å². The molecule has 0 aliphatic rings. The van der Waals surface area contributed by atoms with Gasteiger partial charge in [0.05, 0.1) is 11.1 Å². The molecule has 0 spiro atoms. The van der Waals surface area contributed by atoms with Gasteiger partial charge in [0, 0.05) is 46.8 Å². The van der Waals surface area contributed by atoms with Gasteiger partial charge in [0.1, 0.15) is 0 Å². The topological polar surface area (TPSA) is 95.4 Å². The van der Waals surface area contributed by atoms with Gasteiger partial charge in [-0.25, -0.2) is 0 Å². The molecule has 7 nitrogen and oxygen atoms in total. The van der Waals surface area contributed by atoms with Gasteiger partial charge in [0.15, 0.2) is 0 Å². The summed E-state index contributed by atoms with van der Waals surface area (Å²) in [5, 5.41) is 12.2. The molecule has 0 aliphatic heterocycles. The summed E-state index contributed by atoms with van der Waals surface area (Å²) >= 11 is 6.65. The summed E-state index contributed by atoms with van der Waals surface area (Å²) in [5.41, 5.74) is 2.88. The third kappa shape index (κ3) is 6.90. The van der Waals surface area contributed by atoms with Crippen LogP contribution in [0.15, 0.2) is 33.7 Å². The molecule has 0 bridgehead atoms. The first-order valence-corrected chi connectivity index (χ1v) is 10.7. The molecule has 0 saturated heterocycles. The Balaban J connectivity index is 0.000000296. The van der Waals surface area contributed by atoms with Crippen LogP contribution in [0.1, 0.15) is 45.7 Å². The molecule has 10 heteroatoms. The van der Waals surface area contributed by atoms with Crippen LogP contribution in [0.3, 0.4) is 0 Å². The van der Waals surface area contributed by atoms with Crippen LogP contribution >= 0.6 is 31.9 Å². The van der Waals surface area contributed by atoms with Crippen molar-refractivity contribution in [1.82, 2.24) is 20.1 Å². The lowest BCUT2D eigenvalue weighted by Gasteiger charge is -2.22. The van der Waals surface area contributed by atoms with E-state index in [1.165, 1.54) is 11.0 Å². The van der Waals surface area contributed by atoms with Crippen molar-refractivity contribution in [2.24, 2.45) is 0 Å². The van der Waals surface area contributed by atoms with Gasteiger partial charge < -0.3 is 15.2 Å². The molecular weight excluding hydrogens is 503 g/mol. The Hall–Kier alpha value is -1.78. The number of rotatable bonds is 5. The van der Waals surface area contributed by atoms with Crippen molar-refractivity contribution in [3.8, 4) is 0 Å². The Morgan fingerprint density at radius 1 is 1.03 bits per heavy atom. The maximum Gasteiger partial charge on any atom is 0.412 e. The molecule has 0 fully saturated rings. The molecule has 2 aromatic heterocycles. The van der Waals surface area contributed by atoms with Crippen molar-refractivity contribution >= 4 is 50.7 Å². The lowest BCUT2D eigenvalue weighted by molar-refractivity contribution is 0.0845. The molecule has 0 atom stereocenters. The summed E-state index contributed by atoms with van der Waals surface area (Å²) in [4.78, 5) is 32.8. The largest absolute Gasteiger partial charge is 0.432 e. The fraction of sp³-hybridized carbons (Fsp3) is 0.368. The zero-order chi connectivity index (χ0) is 22.1. The molecule has 0 aliphatic carbocycles. The molecule has 2 N–H and O–H groups in total. The average Bonchev–Trinajstić information content (AvgIpc) is 2.67. The van der Waals surface area contributed by atoms with Crippen LogP contribution in [-0.4, -0.2) is 51.8 Å². The molecular formula is C19H25BBr2N4O3. The molecule has 0 unspecified atom stereocenters. The maximum absolute atomic E-state index is 12.1. The first-order chi connectivity index (χ1) is 13.6. The molecule has 0 aromatic carbocycles. The number of hydrogen-bond acceptors (Lipinski definition) is 5. The summed E-state index contributed by atoms with van der Waals surface area (Å²) in [7, 11) is -0.795. The summed E-state index contributed by atoms with van der Waals surface area (Å²) < 4.78 is 1.65. The number of carbonyl (C=O) groups excluding carboxylic acids is 2. The molecule has 2 rings (SSSR count). The predicted molar refractivity (Wildman–Crippen MR) is 122 cm³/mol. The van der Waals surface area contributed by atoms with E-state index in [9.17, 15) is 14.6 Å². The first-order valence-electron chi connectivity index (χ1n) is 9.13. The Morgan fingerprint density at radius 3 is 1.97 bits per heavy atom. The minimum Gasteiger partial charge on any atom is -0.432 e. The van der Waals surface area contributed by atoms with E-state index < -0.39 is 7.05 Å². The zero-order valence-corrected chi connectivity index (χ0v) is 20.3. The second-order valence-corrected chi connectivity index (χ2v) is 7.88. The van der Waals surface area contributed by atoms with E-state index in [-0.39, 0.29) is 11.8 Å². The van der Waals surface area contributed by atoms with Gasteiger partial charge in [-0.15, -0.1) is 0 Å². The third-order valence-electron chi connectivity index (χ3n) is 4.17. The Morgan fingerprint density at radius 2 is 1.52 bits per heavy atom. The van der Waals surface area contributed by atoms with Crippen LogP contribution < -0.4 is 5.32 Å². The minimum atomic E-state index is -0.795. The molecule has 2 heterocycles. The smallest absolute Gasteiger partial charge is 0.412 e. The number of halogens is 2. The molecule has 156 valence electrons. The van der Waals surface area contributed by atoms with Crippen molar-refractivity contribution in [2.45, 2.75) is 34.5 Å². The van der Waals surface area contributed by atoms with Gasteiger partial charge in [-0.3, -0.25) is 19.6 Å². The average molecular weight is 528 g/mol. The number of pyridine rings is 2. The number of aromatic nitrogens is 2. The highest BCUT2D eigenvalue weighted by Crippen LogP contribution is 2.19. The van der Waals surface area contributed by atoms with Gasteiger partial charge in [0.25, 0.3) is 5.91 Å². The van der Waals surface area contributed by atoms with E-state index in [0.29, 0.717) is 24.2 Å². The highest BCUT2D eigenvalue weighted by atomic mass is 79.9. The SMILES string of the molecule is CCN(B(C)O)C(=O)c1cncc(Br)c1C.CCNC(=O)c1cncc(Br)c1C. The number of amides is 2. The normalized spacial score (nSPS) is 9.93. The van der Waals surface area contributed by atoms with Gasteiger partial charge >= 0.3 is 7.05 Å². The lowest BCUT2D eigenvalue weighted by atomic mass is 9.84. The van der Waals surface area contributed by atoms with Gasteiger partial charge in [0.2, 0.25) is 5.91 Å². The van der Waals surface area contributed by atoms with Crippen molar-refractivity contribution in [3.05, 3.63) is 56.0 Å².